The molecule has 1 amide bonds. The first-order valence-corrected chi connectivity index (χ1v) is 17.3. The van der Waals surface area contributed by atoms with Crippen LogP contribution in [0.3, 0.4) is 0 Å². The standard InChI is InChI=1S/C31H40ClN11O2S/c1-21-15-31(21)19-42(13-14-43(31)24-7-11-41(12-8-24)17-23-5-3-22(16-33)4-6-23)29-27(32)38-26(28(34)39-29)30(44)35-9-10-37-46(45)25-18-40(2)20-36-25/h3-6,18,20-21,24H,7-15,17,19H2,1-2H3,(H2,34,39)(H,35,44)(H,37,45)/p+1. The molecule has 3 aliphatic rings. The third kappa shape index (κ3) is 6.89. The Balaban J connectivity index is 1.02. The minimum absolute atomic E-state index is 0.0243. The monoisotopic (exact) mass is 666 g/mol. The van der Waals surface area contributed by atoms with Crippen LogP contribution in [0.15, 0.2) is 41.8 Å². The number of hydrogen-bond acceptors (Lipinski definition) is 10. The lowest BCUT2D eigenvalue weighted by atomic mass is 9.96. The van der Waals surface area contributed by atoms with Crippen LogP contribution >= 0.6 is 11.6 Å². The molecule has 4 heterocycles. The number of carbonyl (C=O) groups excluding carboxylic acids is 1. The third-order valence-electron chi connectivity index (χ3n) is 9.49. The van der Waals surface area contributed by atoms with Gasteiger partial charge in [0.15, 0.2) is 33.5 Å². The number of likely N-dealkylation sites (tertiary alicyclic amines) is 1. The number of aryl methyl sites for hydroxylation is 1. The molecular weight excluding hydrogens is 626 g/mol. The summed E-state index contributed by atoms with van der Waals surface area (Å²) in [6, 6.07) is 10.6. The fourth-order valence-corrected chi connectivity index (χ4v) is 8.06. The molecule has 3 aromatic rings. The first-order valence-electron chi connectivity index (χ1n) is 15.7. The van der Waals surface area contributed by atoms with E-state index < -0.39 is 16.9 Å². The first-order chi connectivity index (χ1) is 22.2. The van der Waals surface area contributed by atoms with E-state index in [2.05, 4.69) is 64.8 Å². The summed E-state index contributed by atoms with van der Waals surface area (Å²) >= 11 is 6.64. The molecule has 6 rings (SSSR count). The average molecular weight is 667 g/mol. The lowest BCUT2D eigenvalue weighted by Crippen LogP contribution is -2.61. The number of aromatic nitrogens is 4. The summed E-state index contributed by atoms with van der Waals surface area (Å²) in [5.74, 6) is 0.609. The van der Waals surface area contributed by atoms with Gasteiger partial charge in [0.25, 0.3) is 10.9 Å². The van der Waals surface area contributed by atoms with E-state index in [1.807, 2.05) is 12.1 Å². The molecular formula is C31H41ClN11O2S+. The van der Waals surface area contributed by atoms with Crippen molar-refractivity contribution in [2.24, 2.45) is 13.0 Å². The number of nitrogen functional groups attached to an aromatic ring is 1. The number of hydrogen-bond donors (Lipinski definition) is 3. The molecule has 3 unspecified atom stereocenters. The molecule has 1 spiro atoms. The number of benzene rings is 1. The number of piperidine rings is 1. The van der Waals surface area contributed by atoms with Gasteiger partial charge in [-0.2, -0.15) is 10.2 Å². The Kier molecular flexibility index (Phi) is 9.58. The Morgan fingerprint density at radius 1 is 1.17 bits per heavy atom. The number of nitrogens with two attached hydrogens (primary N) is 1. The fraction of sp³-hybridized carbons (Fsp3) is 0.516. The number of anilines is 2. The average Bonchev–Trinajstić information content (AvgIpc) is 3.45. The Labute approximate surface area is 276 Å². The SMILES string of the molecule is CC1CC12CN(c1nc(N)c(C(=O)NCCN[SH+](=O)c3cn(C)cn3)nc1Cl)CCN2C1CCN(Cc2ccc(C#N)cc2)CC1. The van der Waals surface area contributed by atoms with Crippen LogP contribution in [0.1, 0.15) is 47.8 Å². The van der Waals surface area contributed by atoms with Gasteiger partial charge in [-0.3, -0.25) is 14.6 Å². The smallest absolute Gasteiger partial charge is 0.284 e. The minimum atomic E-state index is -1.87. The van der Waals surface area contributed by atoms with Gasteiger partial charge in [-0.1, -0.05) is 34.9 Å². The van der Waals surface area contributed by atoms with Gasteiger partial charge in [0, 0.05) is 51.4 Å². The van der Waals surface area contributed by atoms with Gasteiger partial charge in [-0.25, -0.2) is 9.97 Å². The number of imidazole rings is 1. The first kappa shape index (κ1) is 32.3. The van der Waals surface area contributed by atoms with Crippen molar-refractivity contribution in [3.63, 3.8) is 0 Å². The number of nitriles is 1. The largest absolute Gasteiger partial charge is 0.382 e. The Morgan fingerprint density at radius 3 is 2.57 bits per heavy atom. The molecule has 4 N–H and O–H groups in total. The van der Waals surface area contributed by atoms with Crippen LogP contribution in [0, 0.1) is 17.2 Å². The van der Waals surface area contributed by atoms with E-state index >= 15 is 0 Å². The van der Waals surface area contributed by atoms with Crippen LogP contribution in [0.25, 0.3) is 0 Å². The second-order valence-electron chi connectivity index (χ2n) is 12.6. The summed E-state index contributed by atoms with van der Waals surface area (Å²) < 4.78 is 16.9. The van der Waals surface area contributed by atoms with Crippen molar-refractivity contribution in [2.75, 3.05) is 56.4 Å². The highest BCUT2D eigenvalue weighted by molar-refractivity contribution is 7.82. The predicted molar refractivity (Wildman–Crippen MR) is 178 cm³/mol. The topological polar surface area (TPSA) is 161 Å². The van der Waals surface area contributed by atoms with Crippen molar-refractivity contribution in [1.29, 1.82) is 5.26 Å². The number of piperazine rings is 1. The molecule has 3 fully saturated rings. The molecule has 13 nitrogen and oxygen atoms in total. The summed E-state index contributed by atoms with van der Waals surface area (Å²) in [5, 5.41) is 12.4. The fourth-order valence-electron chi connectivity index (χ4n) is 6.89. The Morgan fingerprint density at radius 2 is 1.91 bits per heavy atom. The molecule has 1 aliphatic carbocycles. The molecule has 244 valence electrons. The summed E-state index contributed by atoms with van der Waals surface area (Å²) in [6.45, 7) is 8.24. The van der Waals surface area contributed by atoms with E-state index in [-0.39, 0.29) is 35.3 Å². The number of amides is 1. The van der Waals surface area contributed by atoms with Crippen molar-refractivity contribution >= 4 is 40.1 Å². The lowest BCUT2D eigenvalue weighted by Gasteiger charge is -2.49. The van der Waals surface area contributed by atoms with Gasteiger partial charge >= 0.3 is 0 Å². The second kappa shape index (κ2) is 13.6. The van der Waals surface area contributed by atoms with E-state index in [0.29, 0.717) is 28.4 Å². The van der Waals surface area contributed by atoms with Gasteiger partial charge in [-0.05, 0) is 56.0 Å². The highest BCUT2D eigenvalue weighted by atomic mass is 35.5. The molecule has 2 saturated heterocycles. The maximum Gasteiger partial charge on any atom is 0.284 e. The zero-order valence-corrected chi connectivity index (χ0v) is 27.8. The van der Waals surface area contributed by atoms with Gasteiger partial charge in [-0.15, -0.1) is 4.72 Å². The maximum absolute atomic E-state index is 12.8. The molecule has 0 bridgehead atoms. The molecule has 0 radical (unpaired) electrons. The number of nitrogens with one attached hydrogen (secondary N) is 2. The normalized spacial score (nSPS) is 22.9. The van der Waals surface area contributed by atoms with Gasteiger partial charge in [0.2, 0.25) is 0 Å². The van der Waals surface area contributed by atoms with Crippen molar-refractivity contribution in [3.8, 4) is 6.07 Å². The summed E-state index contributed by atoms with van der Waals surface area (Å²) in [7, 11) is -0.0622. The van der Waals surface area contributed by atoms with Crippen LogP contribution in [0.4, 0.5) is 11.6 Å². The number of nitrogens with zero attached hydrogens (tertiary/aromatic N) is 8. The molecule has 1 saturated carbocycles. The summed E-state index contributed by atoms with van der Waals surface area (Å²) in [4.78, 5) is 33.3. The van der Waals surface area contributed by atoms with E-state index in [0.717, 1.165) is 58.5 Å². The van der Waals surface area contributed by atoms with E-state index in [1.165, 1.54) is 5.56 Å². The molecule has 3 atom stereocenters. The van der Waals surface area contributed by atoms with Crippen LogP contribution in [0.5, 0.6) is 0 Å². The maximum atomic E-state index is 12.8. The highest BCUT2D eigenvalue weighted by Gasteiger charge is 2.59. The van der Waals surface area contributed by atoms with E-state index in [4.69, 9.17) is 22.6 Å². The number of thiol groups is 1. The summed E-state index contributed by atoms with van der Waals surface area (Å²) in [5.41, 5.74) is 8.22. The zero-order chi connectivity index (χ0) is 32.4. The van der Waals surface area contributed by atoms with E-state index in [1.54, 1.807) is 24.1 Å². The Bertz CT molecular complexity index is 1640. The summed E-state index contributed by atoms with van der Waals surface area (Å²) in [6.07, 6.45) is 6.63. The Hall–Kier alpha value is -3.61. The molecule has 15 heteroatoms. The molecule has 1 aromatic carbocycles. The lowest BCUT2D eigenvalue weighted by molar-refractivity contribution is 0.0452. The number of halogens is 1. The predicted octanol–water partition coefficient (Wildman–Crippen LogP) is 1.87. The van der Waals surface area contributed by atoms with Crippen molar-refractivity contribution in [1.82, 2.24) is 39.4 Å². The highest BCUT2D eigenvalue weighted by Crippen LogP contribution is 2.52. The number of rotatable bonds is 10. The van der Waals surface area contributed by atoms with Gasteiger partial charge in [0.05, 0.1) is 30.7 Å². The van der Waals surface area contributed by atoms with Crippen LogP contribution in [-0.4, -0.2) is 92.6 Å². The molecule has 46 heavy (non-hydrogen) atoms. The van der Waals surface area contributed by atoms with Crippen LogP contribution < -0.4 is 20.7 Å². The molecule has 2 aliphatic heterocycles. The van der Waals surface area contributed by atoms with E-state index in [9.17, 15) is 9.00 Å². The van der Waals surface area contributed by atoms with Crippen molar-refractivity contribution in [3.05, 3.63) is 58.8 Å². The van der Waals surface area contributed by atoms with Crippen molar-refractivity contribution < 1.29 is 9.00 Å². The minimum Gasteiger partial charge on any atom is -0.382 e. The third-order valence-corrected chi connectivity index (χ3v) is 10.9. The molecule has 2 aromatic heterocycles. The van der Waals surface area contributed by atoms with Gasteiger partial charge in [0.1, 0.15) is 0 Å². The zero-order valence-electron chi connectivity index (χ0n) is 26.2. The number of carbonyl (C=O) groups is 1. The second-order valence-corrected chi connectivity index (χ2v) is 14.3. The van der Waals surface area contributed by atoms with Crippen LogP contribution in [0.2, 0.25) is 5.15 Å². The van der Waals surface area contributed by atoms with Crippen LogP contribution in [-0.2, 0) is 28.8 Å². The van der Waals surface area contributed by atoms with Gasteiger partial charge < -0.3 is 20.5 Å². The van der Waals surface area contributed by atoms with Crippen molar-refractivity contribution in [2.45, 2.75) is 49.3 Å². The quantitative estimate of drug-likeness (QED) is 0.166.